The van der Waals surface area contributed by atoms with E-state index >= 15 is 0 Å². The topological polar surface area (TPSA) is 82.8 Å². The minimum atomic E-state index is -0.921. The van der Waals surface area contributed by atoms with E-state index in [9.17, 15) is 9.59 Å². The van der Waals surface area contributed by atoms with Crippen LogP contribution in [0.4, 0.5) is 4.79 Å². The maximum absolute atomic E-state index is 12.0. The Balaban J connectivity index is 2.13. The first-order valence-corrected chi connectivity index (χ1v) is 6.16. The van der Waals surface area contributed by atoms with Crippen molar-refractivity contribution in [1.82, 2.24) is 10.2 Å². The van der Waals surface area contributed by atoms with E-state index in [2.05, 4.69) is 5.32 Å². The molecule has 1 fully saturated rings. The largest absolute Gasteiger partial charge is 0.481 e. The third-order valence-electron chi connectivity index (χ3n) is 3.33. The highest BCUT2D eigenvalue weighted by Gasteiger charge is 2.41. The lowest BCUT2D eigenvalue weighted by Gasteiger charge is -2.33. The first kappa shape index (κ1) is 13.5. The van der Waals surface area contributed by atoms with Crippen molar-refractivity contribution in [3.63, 3.8) is 0 Å². The summed E-state index contributed by atoms with van der Waals surface area (Å²) in [7, 11) is 0. The van der Waals surface area contributed by atoms with Gasteiger partial charge in [0, 0.05) is 5.54 Å². The van der Waals surface area contributed by atoms with Crippen LogP contribution < -0.4 is 5.32 Å². The van der Waals surface area contributed by atoms with Gasteiger partial charge in [-0.25, -0.2) is 4.79 Å². The summed E-state index contributed by atoms with van der Waals surface area (Å²) < 4.78 is 5.50. The molecule has 0 aromatic carbocycles. The number of rotatable bonds is 4. The van der Waals surface area contributed by atoms with Gasteiger partial charge in [-0.15, -0.1) is 0 Å². The average Bonchev–Trinajstić information content (AvgIpc) is 2.82. The zero-order valence-electron chi connectivity index (χ0n) is 11.3. The Morgan fingerprint density at radius 3 is 2.79 bits per heavy atom. The summed E-state index contributed by atoms with van der Waals surface area (Å²) in [5.74, 6) is 0.557. The number of carbonyl (C=O) groups is 2. The molecule has 19 heavy (non-hydrogen) atoms. The molecule has 104 valence electrons. The summed E-state index contributed by atoms with van der Waals surface area (Å²) in [6.07, 6.45) is -0.0929. The van der Waals surface area contributed by atoms with Crippen molar-refractivity contribution in [3.8, 4) is 0 Å². The molecule has 0 radical (unpaired) electrons. The van der Waals surface area contributed by atoms with Gasteiger partial charge in [0.2, 0.25) is 0 Å². The molecule has 6 nitrogen and oxygen atoms in total. The number of aliphatic carboxylic acids is 1. The SMILES string of the molecule is Cc1ccc(C2CN(C(C)(C)CC(=O)O)C(=O)N2)o1. The Kier molecular flexibility index (Phi) is 3.26. The fourth-order valence-electron chi connectivity index (χ4n) is 2.33. The van der Waals surface area contributed by atoms with E-state index in [0.29, 0.717) is 12.3 Å². The van der Waals surface area contributed by atoms with Gasteiger partial charge in [-0.05, 0) is 32.9 Å². The molecular formula is C13H18N2O4. The number of carboxylic acid groups (broad SMARTS) is 1. The van der Waals surface area contributed by atoms with Crippen molar-refractivity contribution < 1.29 is 19.1 Å². The molecule has 1 unspecified atom stereocenters. The van der Waals surface area contributed by atoms with Gasteiger partial charge in [-0.1, -0.05) is 0 Å². The number of nitrogens with one attached hydrogen (secondary N) is 1. The first-order chi connectivity index (χ1) is 8.79. The van der Waals surface area contributed by atoms with Gasteiger partial charge in [-0.2, -0.15) is 0 Å². The van der Waals surface area contributed by atoms with Gasteiger partial charge in [0.15, 0.2) is 0 Å². The second-order valence-corrected chi connectivity index (χ2v) is 5.44. The fourth-order valence-corrected chi connectivity index (χ4v) is 2.33. The van der Waals surface area contributed by atoms with E-state index in [4.69, 9.17) is 9.52 Å². The summed E-state index contributed by atoms with van der Waals surface area (Å²) in [4.78, 5) is 24.4. The van der Waals surface area contributed by atoms with Crippen LogP contribution in [0.2, 0.25) is 0 Å². The van der Waals surface area contributed by atoms with Gasteiger partial charge in [0.1, 0.15) is 17.6 Å². The Bertz CT molecular complexity index is 506. The molecule has 1 aliphatic heterocycles. The molecule has 2 amide bonds. The van der Waals surface area contributed by atoms with Crippen LogP contribution in [-0.2, 0) is 4.79 Å². The molecule has 0 aliphatic carbocycles. The lowest BCUT2D eigenvalue weighted by atomic mass is 9.98. The number of amides is 2. The van der Waals surface area contributed by atoms with Crippen LogP contribution in [-0.4, -0.2) is 34.1 Å². The highest BCUT2D eigenvalue weighted by Crippen LogP contribution is 2.29. The highest BCUT2D eigenvalue weighted by molar-refractivity contribution is 5.79. The van der Waals surface area contributed by atoms with Gasteiger partial charge >= 0.3 is 12.0 Å². The minimum Gasteiger partial charge on any atom is -0.481 e. The summed E-state index contributed by atoms with van der Waals surface area (Å²) in [6, 6.07) is 3.18. The van der Waals surface area contributed by atoms with Crippen molar-refractivity contribution in [2.75, 3.05) is 6.54 Å². The first-order valence-electron chi connectivity index (χ1n) is 6.16. The summed E-state index contributed by atoms with van der Waals surface area (Å²) in [5.41, 5.74) is -0.730. The van der Waals surface area contributed by atoms with Crippen LogP contribution in [0.3, 0.4) is 0 Å². The third kappa shape index (κ3) is 2.72. The molecule has 1 saturated heterocycles. The van der Waals surface area contributed by atoms with Gasteiger partial charge in [0.25, 0.3) is 0 Å². The number of urea groups is 1. The van der Waals surface area contributed by atoms with E-state index in [1.807, 2.05) is 19.1 Å². The lowest BCUT2D eigenvalue weighted by molar-refractivity contribution is -0.139. The molecule has 2 heterocycles. The third-order valence-corrected chi connectivity index (χ3v) is 3.33. The van der Waals surface area contributed by atoms with Crippen molar-refractivity contribution in [3.05, 3.63) is 23.7 Å². The van der Waals surface area contributed by atoms with Gasteiger partial charge in [-0.3, -0.25) is 4.79 Å². The number of hydrogen-bond acceptors (Lipinski definition) is 3. The number of nitrogens with zero attached hydrogens (tertiary/aromatic N) is 1. The molecular weight excluding hydrogens is 248 g/mol. The molecule has 6 heteroatoms. The normalized spacial score (nSPS) is 19.6. The monoisotopic (exact) mass is 266 g/mol. The van der Waals surface area contributed by atoms with Crippen LogP contribution in [0.1, 0.15) is 37.8 Å². The van der Waals surface area contributed by atoms with Crippen molar-refractivity contribution >= 4 is 12.0 Å². The van der Waals surface area contributed by atoms with E-state index < -0.39 is 11.5 Å². The number of hydrogen-bond donors (Lipinski definition) is 2. The van der Waals surface area contributed by atoms with E-state index in [1.165, 1.54) is 0 Å². The van der Waals surface area contributed by atoms with Gasteiger partial charge < -0.3 is 19.7 Å². The number of carbonyl (C=O) groups excluding carboxylic acids is 1. The lowest BCUT2D eigenvalue weighted by Crippen LogP contribution is -2.47. The van der Waals surface area contributed by atoms with Crippen LogP contribution >= 0.6 is 0 Å². The molecule has 0 bridgehead atoms. The zero-order valence-corrected chi connectivity index (χ0v) is 11.3. The number of carboxylic acids is 1. The smallest absolute Gasteiger partial charge is 0.318 e. The minimum absolute atomic E-state index is 0.0929. The van der Waals surface area contributed by atoms with E-state index in [-0.39, 0.29) is 18.5 Å². The van der Waals surface area contributed by atoms with E-state index in [0.717, 1.165) is 5.76 Å². The number of furan rings is 1. The molecule has 1 aromatic heterocycles. The van der Waals surface area contributed by atoms with Crippen molar-refractivity contribution in [1.29, 1.82) is 0 Å². The van der Waals surface area contributed by atoms with E-state index in [1.54, 1.807) is 18.7 Å². The predicted molar refractivity (Wildman–Crippen MR) is 67.8 cm³/mol. The summed E-state index contributed by atoms with van der Waals surface area (Å²) >= 11 is 0. The molecule has 1 atom stereocenters. The Hall–Kier alpha value is -1.98. The Labute approximate surface area is 111 Å². The molecule has 0 saturated carbocycles. The van der Waals surface area contributed by atoms with Crippen molar-refractivity contribution in [2.45, 2.75) is 38.8 Å². The van der Waals surface area contributed by atoms with Gasteiger partial charge in [0.05, 0.1) is 13.0 Å². The molecule has 0 spiro atoms. The van der Waals surface area contributed by atoms with Crippen LogP contribution in [0.15, 0.2) is 16.5 Å². The molecule has 2 N–H and O–H groups in total. The molecule has 1 aliphatic rings. The predicted octanol–water partition coefficient (Wildman–Crippen LogP) is 1.91. The standard InChI is InChI=1S/C13H18N2O4/c1-8-4-5-10(19-8)9-7-15(12(18)14-9)13(2,3)6-11(16)17/h4-5,9H,6-7H2,1-3H3,(H,14,18)(H,16,17). The highest BCUT2D eigenvalue weighted by atomic mass is 16.4. The van der Waals surface area contributed by atoms with Crippen molar-refractivity contribution in [2.24, 2.45) is 0 Å². The molecule has 2 rings (SSSR count). The van der Waals surface area contributed by atoms with Crippen LogP contribution in [0, 0.1) is 6.92 Å². The Morgan fingerprint density at radius 1 is 1.58 bits per heavy atom. The maximum atomic E-state index is 12.0. The second-order valence-electron chi connectivity index (χ2n) is 5.44. The van der Waals surface area contributed by atoms with Crippen LogP contribution in [0.5, 0.6) is 0 Å². The fraction of sp³-hybridized carbons (Fsp3) is 0.538. The second kappa shape index (κ2) is 4.60. The Morgan fingerprint density at radius 2 is 2.26 bits per heavy atom. The number of aryl methyl sites for hydroxylation is 1. The maximum Gasteiger partial charge on any atom is 0.318 e. The molecule has 1 aromatic rings. The summed E-state index contributed by atoms with van der Waals surface area (Å²) in [5, 5.41) is 11.7. The zero-order chi connectivity index (χ0) is 14.2. The average molecular weight is 266 g/mol. The van der Waals surface area contributed by atoms with Crippen LogP contribution in [0.25, 0.3) is 0 Å². The summed E-state index contributed by atoms with van der Waals surface area (Å²) in [6.45, 7) is 5.74. The quantitative estimate of drug-likeness (QED) is 0.872.